The fraction of sp³-hybridized carbons (Fsp3) is 0.200. The quantitative estimate of drug-likeness (QED) is 0.383. The summed E-state index contributed by atoms with van der Waals surface area (Å²) in [6.45, 7) is 1.88. The standard InChI is InChI=1S/C25H25N3O7S2/c1-16-2-4-18(5-3-16)24(29)28-22(25(30)27-19-12-13-36(31,32)15-19)14-20-8-11-23(35-20)17-6-9-21(10-7-17)37(26,33)34/h2-11,14,19H,12-13,15H2,1H3,(H,27,30)(H,28,29)(H2,26,33,34)/b22-14+/t19-/m0/s1. The molecular weight excluding hydrogens is 518 g/mol. The molecule has 4 rings (SSSR count). The van der Waals surface area contributed by atoms with E-state index in [2.05, 4.69) is 10.6 Å². The van der Waals surface area contributed by atoms with Crippen LogP contribution in [0.1, 0.15) is 28.1 Å². The molecule has 37 heavy (non-hydrogen) atoms. The van der Waals surface area contributed by atoms with Gasteiger partial charge >= 0.3 is 0 Å². The van der Waals surface area contributed by atoms with Crippen LogP contribution in [0.15, 0.2) is 75.7 Å². The summed E-state index contributed by atoms with van der Waals surface area (Å²) in [7, 11) is -7.06. The summed E-state index contributed by atoms with van der Waals surface area (Å²) in [5, 5.41) is 10.4. The predicted octanol–water partition coefficient (Wildman–Crippen LogP) is 1.98. The highest BCUT2D eigenvalue weighted by atomic mass is 32.2. The number of nitrogens with two attached hydrogens (primary N) is 1. The van der Waals surface area contributed by atoms with Crippen LogP contribution in [0.2, 0.25) is 0 Å². The second kappa shape index (κ2) is 10.3. The van der Waals surface area contributed by atoms with Gasteiger partial charge < -0.3 is 15.1 Å². The zero-order chi connectivity index (χ0) is 26.8. The van der Waals surface area contributed by atoms with E-state index in [9.17, 15) is 26.4 Å². The predicted molar refractivity (Wildman–Crippen MR) is 137 cm³/mol. The molecule has 2 amide bonds. The normalized spacial score (nSPS) is 17.4. The van der Waals surface area contributed by atoms with Crippen LogP contribution in [-0.4, -0.2) is 46.2 Å². The summed E-state index contributed by atoms with van der Waals surface area (Å²) in [6, 6.07) is 15.2. The molecule has 1 aliphatic rings. The number of benzene rings is 2. The van der Waals surface area contributed by atoms with Crippen molar-refractivity contribution in [2.24, 2.45) is 5.14 Å². The van der Waals surface area contributed by atoms with Crippen molar-refractivity contribution in [3.05, 3.63) is 83.2 Å². The van der Waals surface area contributed by atoms with E-state index < -0.39 is 37.7 Å². The van der Waals surface area contributed by atoms with Crippen molar-refractivity contribution in [1.29, 1.82) is 0 Å². The van der Waals surface area contributed by atoms with Gasteiger partial charge in [0.25, 0.3) is 11.8 Å². The second-order valence-electron chi connectivity index (χ2n) is 8.72. The molecule has 0 aliphatic carbocycles. The van der Waals surface area contributed by atoms with Gasteiger partial charge in [-0.25, -0.2) is 22.0 Å². The Morgan fingerprint density at radius 1 is 1.03 bits per heavy atom. The second-order valence-corrected chi connectivity index (χ2v) is 12.5. The molecule has 2 aromatic carbocycles. The molecule has 3 aromatic rings. The minimum Gasteiger partial charge on any atom is -0.457 e. The number of sulfone groups is 1. The molecular formula is C25H25N3O7S2. The minimum absolute atomic E-state index is 0.0154. The highest BCUT2D eigenvalue weighted by Crippen LogP contribution is 2.25. The summed E-state index contributed by atoms with van der Waals surface area (Å²) in [5.74, 6) is -0.739. The van der Waals surface area contributed by atoms with Crippen molar-refractivity contribution in [2.45, 2.75) is 24.3 Å². The van der Waals surface area contributed by atoms with Gasteiger partial charge in [0.2, 0.25) is 10.0 Å². The number of furan rings is 1. The highest BCUT2D eigenvalue weighted by molar-refractivity contribution is 7.91. The first-order valence-corrected chi connectivity index (χ1v) is 14.6. The molecule has 194 valence electrons. The summed E-state index contributed by atoms with van der Waals surface area (Å²) in [5.41, 5.74) is 1.74. The van der Waals surface area contributed by atoms with E-state index >= 15 is 0 Å². The molecule has 0 unspecified atom stereocenters. The third kappa shape index (κ3) is 6.73. The van der Waals surface area contributed by atoms with Crippen LogP contribution < -0.4 is 15.8 Å². The molecule has 1 aromatic heterocycles. The highest BCUT2D eigenvalue weighted by Gasteiger charge is 2.30. The largest absolute Gasteiger partial charge is 0.457 e. The first-order valence-electron chi connectivity index (χ1n) is 11.2. The molecule has 1 aliphatic heterocycles. The average molecular weight is 544 g/mol. The lowest BCUT2D eigenvalue weighted by atomic mass is 10.1. The first-order chi connectivity index (χ1) is 17.4. The number of carbonyl (C=O) groups excluding carboxylic acids is 2. The number of hydrogen-bond acceptors (Lipinski definition) is 7. The van der Waals surface area contributed by atoms with Gasteiger partial charge in [-0.05, 0) is 61.9 Å². The van der Waals surface area contributed by atoms with Crippen LogP contribution in [0.25, 0.3) is 17.4 Å². The maximum absolute atomic E-state index is 13.0. The van der Waals surface area contributed by atoms with Crippen molar-refractivity contribution in [1.82, 2.24) is 10.6 Å². The van der Waals surface area contributed by atoms with E-state index in [1.54, 1.807) is 36.4 Å². The Kier molecular flexibility index (Phi) is 7.35. The Morgan fingerprint density at radius 3 is 2.30 bits per heavy atom. The van der Waals surface area contributed by atoms with Gasteiger partial charge in [0.1, 0.15) is 17.2 Å². The molecule has 1 fully saturated rings. The lowest BCUT2D eigenvalue weighted by Crippen LogP contribution is -2.41. The maximum atomic E-state index is 13.0. The van der Waals surface area contributed by atoms with Gasteiger partial charge in [-0.1, -0.05) is 17.7 Å². The number of rotatable bonds is 7. The molecule has 10 nitrogen and oxygen atoms in total. The first kappa shape index (κ1) is 26.3. The summed E-state index contributed by atoms with van der Waals surface area (Å²) < 4.78 is 52.3. The van der Waals surface area contributed by atoms with Crippen LogP contribution in [0.4, 0.5) is 0 Å². The molecule has 4 N–H and O–H groups in total. The number of amides is 2. The van der Waals surface area contributed by atoms with E-state index in [0.29, 0.717) is 16.9 Å². The molecule has 2 heterocycles. The van der Waals surface area contributed by atoms with Gasteiger partial charge in [0.05, 0.1) is 16.4 Å². The zero-order valence-corrected chi connectivity index (χ0v) is 21.4. The van der Waals surface area contributed by atoms with E-state index in [1.807, 2.05) is 6.92 Å². The van der Waals surface area contributed by atoms with Crippen molar-refractivity contribution >= 4 is 37.8 Å². The lowest BCUT2D eigenvalue weighted by molar-refractivity contribution is -0.118. The van der Waals surface area contributed by atoms with Crippen LogP contribution in [0, 0.1) is 6.92 Å². The number of nitrogens with one attached hydrogen (secondary N) is 2. The van der Waals surface area contributed by atoms with Gasteiger partial charge in [-0.2, -0.15) is 0 Å². The van der Waals surface area contributed by atoms with Crippen molar-refractivity contribution in [3.63, 3.8) is 0 Å². The van der Waals surface area contributed by atoms with Gasteiger partial charge in [-0.3, -0.25) is 9.59 Å². The van der Waals surface area contributed by atoms with Gasteiger partial charge in [-0.15, -0.1) is 0 Å². The summed E-state index contributed by atoms with van der Waals surface area (Å²) in [6.07, 6.45) is 1.62. The molecule has 0 bridgehead atoms. The smallest absolute Gasteiger partial charge is 0.268 e. The Balaban J connectivity index is 1.60. The molecule has 0 saturated carbocycles. The van der Waals surface area contributed by atoms with E-state index in [4.69, 9.17) is 9.56 Å². The summed E-state index contributed by atoms with van der Waals surface area (Å²) >= 11 is 0. The molecule has 0 radical (unpaired) electrons. The lowest BCUT2D eigenvalue weighted by Gasteiger charge is -2.14. The Hall–Kier alpha value is -3.74. The molecule has 12 heteroatoms. The summed E-state index contributed by atoms with van der Waals surface area (Å²) in [4.78, 5) is 25.8. The molecule has 1 saturated heterocycles. The van der Waals surface area contributed by atoms with Gasteiger partial charge in [0.15, 0.2) is 9.84 Å². The van der Waals surface area contributed by atoms with Gasteiger partial charge in [0, 0.05) is 23.2 Å². The zero-order valence-electron chi connectivity index (χ0n) is 19.8. The van der Waals surface area contributed by atoms with Crippen LogP contribution >= 0.6 is 0 Å². The van der Waals surface area contributed by atoms with Crippen molar-refractivity contribution < 1.29 is 30.8 Å². The number of aryl methyl sites for hydroxylation is 1. The number of carbonyl (C=O) groups is 2. The average Bonchev–Trinajstić information content (AvgIpc) is 3.44. The number of sulfonamides is 1. The van der Waals surface area contributed by atoms with Crippen LogP contribution in [0.5, 0.6) is 0 Å². The third-order valence-corrected chi connectivity index (χ3v) is 8.45. The fourth-order valence-electron chi connectivity index (χ4n) is 3.77. The topological polar surface area (TPSA) is 166 Å². The van der Waals surface area contributed by atoms with E-state index in [1.165, 1.54) is 30.3 Å². The maximum Gasteiger partial charge on any atom is 0.268 e. The van der Waals surface area contributed by atoms with E-state index in [0.717, 1.165) is 5.56 Å². The Labute approximate surface area is 214 Å². The van der Waals surface area contributed by atoms with Crippen LogP contribution in [0.3, 0.4) is 0 Å². The van der Waals surface area contributed by atoms with Crippen molar-refractivity contribution in [3.8, 4) is 11.3 Å². The monoisotopic (exact) mass is 543 g/mol. The minimum atomic E-state index is -3.84. The third-order valence-electron chi connectivity index (χ3n) is 5.75. The number of primary sulfonamides is 1. The molecule has 1 atom stereocenters. The van der Waals surface area contributed by atoms with Crippen molar-refractivity contribution in [2.75, 3.05) is 11.5 Å². The van der Waals surface area contributed by atoms with E-state index in [-0.39, 0.29) is 34.3 Å². The molecule has 0 spiro atoms. The SMILES string of the molecule is Cc1ccc(C(=O)N/C(=C/c2ccc(-c3ccc(S(N)(=O)=O)cc3)o2)C(=O)N[C@H]2CCS(=O)(=O)C2)cc1. The Bertz CT molecular complexity index is 1570. The number of hydrogen-bond donors (Lipinski definition) is 3. The van der Waals surface area contributed by atoms with Crippen LogP contribution in [-0.2, 0) is 24.7 Å². The fourth-order valence-corrected chi connectivity index (χ4v) is 5.96. The Morgan fingerprint density at radius 2 is 1.70 bits per heavy atom.